The molecule has 0 bridgehead atoms. The zero-order valence-electron chi connectivity index (χ0n) is 12.9. The van der Waals surface area contributed by atoms with Crippen LogP contribution < -0.4 is 10.1 Å². The van der Waals surface area contributed by atoms with Gasteiger partial charge >= 0.3 is 0 Å². The van der Waals surface area contributed by atoms with Gasteiger partial charge in [0.2, 0.25) is 5.88 Å². The molecule has 0 aliphatic heterocycles. The molecular weight excluding hydrogens is 375 g/mol. The van der Waals surface area contributed by atoms with E-state index in [9.17, 15) is 0 Å². The van der Waals surface area contributed by atoms with Gasteiger partial charge in [0.15, 0.2) is 0 Å². The Kier molecular flexibility index (Phi) is 5.22. The summed E-state index contributed by atoms with van der Waals surface area (Å²) in [5, 5.41) is 3.18. The Morgan fingerprint density at radius 1 is 1.19 bits per heavy atom. The van der Waals surface area contributed by atoms with Crippen LogP contribution in [0.5, 0.6) is 11.6 Å². The summed E-state index contributed by atoms with van der Waals surface area (Å²) in [5.74, 6) is 1.46. The lowest BCUT2D eigenvalue weighted by Crippen LogP contribution is -2.15. The summed E-state index contributed by atoms with van der Waals surface area (Å²) in [7, 11) is 1.94. The van der Waals surface area contributed by atoms with E-state index >= 15 is 0 Å². The fourth-order valence-corrected chi connectivity index (χ4v) is 2.47. The number of hydrogen-bond acceptors (Lipinski definition) is 3. The van der Waals surface area contributed by atoms with Crippen LogP contribution in [-0.2, 0) is 12.0 Å². The summed E-state index contributed by atoms with van der Waals surface area (Å²) < 4.78 is 7.08. The molecule has 1 aromatic heterocycles. The lowest BCUT2D eigenvalue weighted by Gasteiger charge is -2.20. The molecule has 2 aromatic rings. The topological polar surface area (TPSA) is 34.1 Å². The first kappa shape index (κ1) is 16.2. The lowest BCUT2D eigenvalue weighted by molar-refractivity contribution is 0.450. The van der Waals surface area contributed by atoms with Gasteiger partial charge in [-0.1, -0.05) is 26.8 Å². The van der Waals surface area contributed by atoms with Crippen LogP contribution in [0.25, 0.3) is 0 Å². The van der Waals surface area contributed by atoms with E-state index in [1.807, 2.05) is 37.4 Å². The normalized spacial score (nSPS) is 11.5. The van der Waals surface area contributed by atoms with Crippen molar-refractivity contribution in [3.8, 4) is 11.6 Å². The molecule has 0 aliphatic carbocycles. The van der Waals surface area contributed by atoms with Crippen LogP contribution in [0.15, 0.2) is 36.4 Å². The van der Waals surface area contributed by atoms with Crippen molar-refractivity contribution in [3.63, 3.8) is 0 Å². The van der Waals surface area contributed by atoms with Gasteiger partial charge in [-0.2, -0.15) is 0 Å². The third kappa shape index (κ3) is 4.68. The molecule has 1 N–H and O–H groups in total. The van der Waals surface area contributed by atoms with E-state index in [0.717, 1.165) is 21.6 Å². The SMILES string of the molecule is CNCc1cc(Oc2cccc(I)c2)nc(C(C)(C)C)c1. The molecule has 0 saturated carbocycles. The minimum atomic E-state index is -0.00697. The number of nitrogens with zero attached hydrogens (tertiary/aromatic N) is 1. The molecule has 0 spiro atoms. The first-order valence-corrected chi connectivity index (χ1v) is 8.06. The predicted molar refractivity (Wildman–Crippen MR) is 94.9 cm³/mol. The van der Waals surface area contributed by atoms with Crippen molar-refractivity contribution in [2.45, 2.75) is 32.7 Å². The molecular formula is C17H21IN2O. The fraction of sp³-hybridized carbons (Fsp3) is 0.353. The molecule has 3 nitrogen and oxygen atoms in total. The number of nitrogens with one attached hydrogen (secondary N) is 1. The highest BCUT2D eigenvalue weighted by molar-refractivity contribution is 14.1. The summed E-state index contributed by atoms with van der Waals surface area (Å²) in [6.07, 6.45) is 0. The van der Waals surface area contributed by atoms with Crippen molar-refractivity contribution < 1.29 is 4.74 Å². The first-order valence-electron chi connectivity index (χ1n) is 6.98. The maximum absolute atomic E-state index is 5.94. The van der Waals surface area contributed by atoms with E-state index in [4.69, 9.17) is 4.74 Å². The lowest BCUT2D eigenvalue weighted by atomic mass is 9.91. The average molecular weight is 396 g/mol. The Balaban J connectivity index is 2.35. The van der Waals surface area contributed by atoms with Gasteiger partial charge in [-0.05, 0) is 59.5 Å². The first-order chi connectivity index (χ1) is 9.88. The van der Waals surface area contributed by atoms with Gasteiger partial charge in [0.1, 0.15) is 5.75 Å². The molecule has 0 radical (unpaired) electrons. The molecule has 0 unspecified atom stereocenters. The van der Waals surface area contributed by atoms with E-state index in [-0.39, 0.29) is 5.41 Å². The van der Waals surface area contributed by atoms with E-state index in [2.05, 4.69) is 59.7 Å². The number of hydrogen-bond donors (Lipinski definition) is 1. The highest BCUT2D eigenvalue weighted by Crippen LogP contribution is 2.27. The van der Waals surface area contributed by atoms with Crippen LogP contribution in [0.3, 0.4) is 0 Å². The van der Waals surface area contributed by atoms with E-state index in [1.54, 1.807) is 0 Å². The summed E-state index contributed by atoms with van der Waals surface area (Å²) in [6, 6.07) is 12.1. The fourth-order valence-electron chi connectivity index (χ4n) is 1.95. The Hall–Kier alpha value is -1.14. The van der Waals surface area contributed by atoms with E-state index in [1.165, 1.54) is 5.56 Å². The largest absolute Gasteiger partial charge is 0.439 e. The van der Waals surface area contributed by atoms with Crippen molar-refractivity contribution in [2.24, 2.45) is 0 Å². The van der Waals surface area contributed by atoms with Gasteiger partial charge in [0, 0.05) is 21.6 Å². The summed E-state index contributed by atoms with van der Waals surface area (Å²) >= 11 is 2.28. The standard InChI is InChI=1S/C17H21IN2O/c1-17(2,3)15-8-12(11-19-4)9-16(20-15)21-14-7-5-6-13(18)10-14/h5-10,19H,11H2,1-4H3. The molecule has 0 fully saturated rings. The Bertz CT molecular complexity index is 620. The quantitative estimate of drug-likeness (QED) is 0.774. The molecule has 21 heavy (non-hydrogen) atoms. The number of benzene rings is 1. The molecule has 0 aliphatic rings. The van der Waals surface area contributed by atoms with Gasteiger partial charge in [0.25, 0.3) is 0 Å². The Morgan fingerprint density at radius 3 is 2.57 bits per heavy atom. The van der Waals surface area contributed by atoms with Crippen LogP contribution in [0.1, 0.15) is 32.0 Å². The number of rotatable bonds is 4. The van der Waals surface area contributed by atoms with Gasteiger partial charge < -0.3 is 10.1 Å². The molecule has 4 heteroatoms. The third-order valence-electron chi connectivity index (χ3n) is 3.03. The number of pyridine rings is 1. The Labute approximate surface area is 140 Å². The average Bonchev–Trinajstić information content (AvgIpc) is 2.37. The minimum Gasteiger partial charge on any atom is -0.439 e. The third-order valence-corrected chi connectivity index (χ3v) is 3.70. The molecule has 0 amide bonds. The van der Waals surface area contributed by atoms with E-state index in [0.29, 0.717) is 5.88 Å². The van der Waals surface area contributed by atoms with Crippen molar-refractivity contribution in [2.75, 3.05) is 7.05 Å². The van der Waals surface area contributed by atoms with Crippen LogP contribution in [0.2, 0.25) is 0 Å². The molecule has 1 heterocycles. The predicted octanol–water partition coefficient (Wildman–Crippen LogP) is 4.50. The highest BCUT2D eigenvalue weighted by Gasteiger charge is 2.17. The van der Waals surface area contributed by atoms with Gasteiger partial charge in [-0.15, -0.1) is 0 Å². The van der Waals surface area contributed by atoms with Crippen LogP contribution in [0.4, 0.5) is 0 Å². The molecule has 2 rings (SSSR count). The molecule has 0 saturated heterocycles. The molecule has 0 atom stereocenters. The van der Waals surface area contributed by atoms with Crippen molar-refractivity contribution in [1.82, 2.24) is 10.3 Å². The summed E-state index contributed by atoms with van der Waals surface area (Å²) in [5.41, 5.74) is 2.21. The van der Waals surface area contributed by atoms with Crippen molar-refractivity contribution >= 4 is 22.6 Å². The molecule has 112 valence electrons. The van der Waals surface area contributed by atoms with Crippen molar-refractivity contribution in [1.29, 1.82) is 0 Å². The van der Waals surface area contributed by atoms with Crippen LogP contribution in [0, 0.1) is 3.57 Å². The maximum Gasteiger partial charge on any atom is 0.219 e. The van der Waals surface area contributed by atoms with Crippen molar-refractivity contribution in [3.05, 3.63) is 51.2 Å². The summed E-state index contributed by atoms with van der Waals surface area (Å²) in [4.78, 5) is 4.66. The van der Waals surface area contributed by atoms with Gasteiger partial charge in [-0.3, -0.25) is 0 Å². The Morgan fingerprint density at radius 2 is 1.95 bits per heavy atom. The second-order valence-electron chi connectivity index (χ2n) is 6.04. The van der Waals surface area contributed by atoms with E-state index < -0.39 is 0 Å². The summed E-state index contributed by atoms with van der Waals surface area (Å²) in [6.45, 7) is 7.28. The second kappa shape index (κ2) is 6.75. The zero-order valence-corrected chi connectivity index (χ0v) is 15.1. The van der Waals surface area contributed by atoms with Gasteiger partial charge in [-0.25, -0.2) is 4.98 Å². The number of ether oxygens (including phenoxy) is 1. The second-order valence-corrected chi connectivity index (χ2v) is 7.28. The van der Waals surface area contributed by atoms with Gasteiger partial charge in [0.05, 0.1) is 5.69 Å². The maximum atomic E-state index is 5.94. The highest BCUT2D eigenvalue weighted by atomic mass is 127. The smallest absolute Gasteiger partial charge is 0.219 e. The number of halogens is 1. The molecule has 1 aromatic carbocycles. The van der Waals surface area contributed by atoms with Crippen LogP contribution >= 0.6 is 22.6 Å². The monoisotopic (exact) mass is 396 g/mol. The van der Waals surface area contributed by atoms with Crippen LogP contribution in [-0.4, -0.2) is 12.0 Å². The number of aromatic nitrogens is 1. The minimum absolute atomic E-state index is 0.00697. The zero-order chi connectivity index (χ0) is 15.5.